The lowest BCUT2D eigenvalue weighted by Gasteiger charge is -2.37. The summed E-state index contributed by atoms with van der Waals surface area (Å²) >= 11 is 6.19. The van der Waals surface area contributed by atoms with Crippen LogP contribution in [0.5, 0.6) is 0 Å². The van der Waals surface area contributed by atoms with Crippen molar-refractivity contribution in [2.45, 2.75) is 25.9 Å². The molecule has 0 spiro atoms. The molecule has 140 valence electrons. The van der Waals surface area contributed by atoms with Gasteiger partial charge in [0.15, 0.2) is 0 Å². The molecule has 0 amide bonds. The van der Waals surface area contributed by atoms with Crippen molar-refractivity contribution in [2.24, 2.45) is 0 Å². The summed E-state index contributed by atoms with van der Waals surface area (Å²) in [5.41, 5.74) is 0.814. The quantitative estimate of drug-likeness (QED) is 0.408. The minimum Gasteiger partial charge on any atom is -0.389 e. The molecule has 0 saturated carbocycles. The Bertz CT molecular complexity index is 565. The van der Waals surface area contributed by atoms with Gasteiger partial charge in [-0.1, -0.05) is 24.9 Å². The molecule has 25 heavy (non-hydrogen) atoms. The number of anilines is 1. The van der Waals surface area contributed by atoms with Gasteiger partial charge >= 0.3 is 0 Å². The van der Waals surface area contributed by atoms with Crippen LogP contribution in [0, 0.1) is 10.1 Å². The highest BCUT2D eigenvalue weighted by atomic mass is 35.5. The predicted molar refractivity (Wildman–Crippen MR) is 98.5 cm³/mol. The van der Waals surface area contributed by atoms with Crippen molar-refractivity contribution in [2.75, 3.05) is 50.8 Å². The number of unbranched alkanes of at least 4 members (excludes halogenated alkanes) is 1. The molecular weight excluding hydrogens is 346 g/mol. The summed E-state index contributed by atoms with van der Waals surface area (Å²) in [6.45, 7) is 6.90. The normalized spacial score (nSPS) is 16.8. The van der Waals surface area contributed by atoms with E-state index >= 15 is 0 Å². The van der Waals surface area contributed by atoms with E-state index in [1.165, 1.54) is 12.1 Å². The fourth-order valence-corrected chi connectivity index (χ4v) is 3.15. The van der Waals surface area contributed by atoms with E-state index in [4.69, 9.17) is 16.3 Å². The molecule has 1 fully saturated rings. The topological polar surface area (TPSA) is 79.1 Å². The van der Waals surface area contributed by atoms with Gasteiger partial charge in [-0.25, -0.2) is 0 Å². The van der Waals surface area contributed by atoms with Gasteiger partial charge in [-0.2, -0.15) is 0 Å². The van der Waals surface area contributed by atoms with Gasteiger partial charge in [0.25, 0.3) is 5.69 Å². The van der Waals surface area contributed by atoms with Crippen LogP contribution in [0.25, 0.3) is 0 Å². The highest BCUT2D eigenvalue weighted by molar-refractivity contribution is 6.33. The highest BCUT2D eigenvalue weighted by Gasteiger charge is 2.21. The molecule has 7 nitrogen and oxygen atoms in total. The van der Waals surface area contributed by atoms with Crippen LogP contribution >= 0.6 is 11.6 Å². The molecule has 0 unspecified atom stereocenters. The van der Waals surface area contributed by atoms with Crippen molar-refractivity contribution in [3.8, 4) is 0 Å². The summed E-state index contributed by atoms with van der Waals surface area (Å²) in [5, 5.41) is 21.2. The zero-order chi connectivity index (χ0) is 18.2. The second kappa shape index (κ2) is 9.91. The number of halogens is 1. The maximum absolute atomic E-state index is 10.8. The average molecular weight is 372 g/mol. The van der Waals surface area contributed by atoms with Crippen molar-refractivity contribution in [1.29, 1.82) is 0 Å². The molecule has 1 heterocycles. The Kier molecular flexibility index (Phi) is 7.90. The number of nitro groups is 1. The number of nitro benzene ring substituents is 1. The van der Waals surface area contributed by atoms with Gasteiger partial charge in [-0.05, 0) is 12.5 Å². The number of nitrogens with zero attached hydrogens (tertiary/aromatic N) is 3. The Morgan fingerprint density at radius 2 is 2.08 bits per heavy atom. The van der Waals surface area contributed by atoms with Crippen LogP contribution in [0.1, 0.15) is 19.8 Å². The number of hydrogen-bond donors (Lipinski definition) is 1. The molecular formula is C17H26ClN3O4. The lowest BCUT2D eigenvalue weighted by Crippen LogP contribution is -2.49. The minimum atomic E-state index is -0.480. The maximum atomic E-state index is 10.8. The van der Waals surface area contributed by atoms with E-state index in [1.54, 1.807) is 6.07 Å². The van der Waals surface area contributed by atoms with E-state index in [9.17, 15) is 15.2 Å². The molecule has 0 aromatic heterocycles. The number of hydrogen-bond acceptors (Lipinski definition) is 6. The first-order valence-corrected chi connectivity index (χ1v) is 9.06. The van der Waals surface area contributed by atoms with Crippen LogP contribution in [0.4, 0.5) is 11.4 Å². The number of ether oxygens (including phenoxy) is 1. The minimum absolute atomic E-state index is 0.00131. The van der Waals surface area contributed by atoms with Crippen LogP contribution < -0.4 is 4.90 Å². The molecule has 0 aliphatic carbocycles. The first-order chi connectivity index (χ1) is 12.0. The van der Waals surface area contributed by atoms with Crippen LogP contribution in [0.3, 0.4) is 0 Å². The molecule has 1 aromatic carbocycles. The Morgan fingerprint density at radius 1 is 1.36 bits per heavy atom. The standard InChI is InChI=1S/C17H26ClN3O4/c1-2-3-10-25-13-15(22)12-19-6-8-20(9-7-19)17-5-4-14(21(23)24)11-16(17)18/h4-5,11,15,22H,2-3,6-10,12-13H2,1H3/t15-/m0/s1. The van der Waals surface area contributed by atoms with Crippen LogP contribution in [-0.2, 0) is 4.74 Å². The van der Waals surface area contributed by atoms with E-state index in [2.05, 4.69) is 16.7 Å². The van der Waals surface area contributed by atoms with Crippen molar-refractivity contribution in [3.63, 3.8) is 0 Å². The monoisotopic (exact) mass is 371 g/mol. The number of piperazine rings is 1. The zero-order valence-electron chi connectivity index (χ0n) is 14.6. The van der Waals surface area contributed by atoms with Gasteiger partial charge < -0.3 is 14.7 Å². The summed E-state index contributed by atoms with van der Waals surface area (Å²) in [6, 6.07) is 4.57. The molecule has 0 radical (unpaired) electrons. The largest absolute Gasteiger partial charge is 0.389 e. The lowest BCUT2D eigenvalue weighted by atomic mass is 10.2. The van der Waals surface area contributed by atoms with Crippen LogP contribution in [0.2, 0.25) is 5.02 Å². The van der Waals surface area contributed by atoms with E-state index in [-0.39, 0.29) is 5.69 Å². The zero-order valence-corrected chi connectivity index (χ0v) is 15.3. The lowest BCUT2D eigenvalue weighted by molar-refractivity contribution is -0.384. The molecule has 1 aromatic rings. The Labute approximate surface area is 153 Å². The molecule has 1 N–H and O–H groups in total. The Balaban J connectivity index is 1.78. The first kappa shape index (κ1) is 19.9. The SMILES string of the molecule is CCCCOC[C@@H](O)CN1CCN(c2ccc([N+](=O)[O-])cc2Cl)CC1. The summed E-state index contributed by atoms with van der Waals surface area (Å²) in [5.74, 6) is 0. The molecule has 8 heteroatoms. The van der Waals surface area contributed by atoms with E-state index in [0.29, 0.717) is 24.8 Å². The number of benzene rings is 1. The average Bonchev–Trinajstić information content (AvgIpc) is 2.59. The van der Waals surface area contributed by atoms with Crippen LogP contribution in [0.15, 0.2) is 18.2 Å². The Morgan fingerprint density at radius 3 is 2.68 bits per heavy atom. The number of non-ortho nitro benzene ring substituents is 1. The number of rotatable bonds is 9. The second-order valence-corrected chi connectivity index (χ2v) is 6.67. The highest BCUT2D eigenvalue weighted by Crippen LogP contribution is 2.30. The summed E-state index contributed by atoms with van der Waals surface area (Å²) < 4.78 is 5.45. The van der Waals surface area contributed by atoms with Crippen molar-refractivity contribution >= 4 is 23.0 Å². The van der Waals surface area contributed by atoms with Gasteiger partial charge in [0.2, 0.25) is 0 Å². The van der Waals surface area contributed by atoms with Gasteiger partial charge in [-0.3, -0.25) is 15.0 Å². The van der Waals surface area contributed by atoms with Crippen molar-refractivity contribution in [1.82, 2.24) is 4.90 Å². The third-order valence-corrected chi connectivity index (χ3v) is 4.58. The van der Waals surface area contributed by atoms with E-state index < -0.39 is 11.0 Å². The molecule has 1 aliphatic rings. The second-order valence-electron chi connectivity index (χ2n) is 6.26. The number of β-amino-alcohol motifs (C(OH)–C–C–N with tert-alkyl or cyclic N) is 1. The molecule has 0 bridgehead atoms. The van der Waals surface area contributed by atoms with Crippen molar-refractivity contribution < 1.29 is 14.8 Å². The molecule has 1 atom stereocenters. The maximum Gasteiger partial charge on any atom is 0.271 e. The van der Waals surface area contributed by atoms with Gasteiger partial charge in [0, 0.05) is 51.5 Å². The smallest absolute Gasteiger partial charge is 0.271 e. The van der Waals surface area contributed by atoms with Gasteiger partial charge in [-0.15, -0.1) is 0 Å². The molecule has 1 saturated heterocycles. The first-order valence-electron chi connectivity index (χ1n) is 8.68. The molecule has 2 rings (SSSR count). The summed E-state index contributed by atoms with van der Waals surface area (Å²) in [6.07, 6.45) is 1.62. The van der Waals surface area contributed by atoms with E-state index in [0.717, 1.165) is 44.7 Å². The van der Waals surface area contributed by atoms with Crippen LogP contribution in [-0.4, -0.2) is 67.0 Å². The summed E-state index contributed by atoms with van der Waals surface area (Å²) in [7, 11) is 0. The van der Waals surface area contributed by atoms with E-state index in [1.807, 2.05) is 0 Å². The molecule has 1 aliphatic heterocycles. The van der Waals surface area contributed by atoms with Crippen molar-refractivity contribution in [3.05, 3.63) is 33.3 Å². The van der Waals surface area contributed by atoms with Gasteiger partial charge in [0.1, 0.15) is 0 Å². The predicted octanol–water partition coefficient (Wildman–Crippen LogP) is 2.55. The fraction of sp³-hybridized carbons (Fsp3) is 0.647. The third-order valence-electron chi connectivity index (χ3n) is 4.28. The fourth-order valence-electron chi connectivity index (χ4n) is 2.85. The Hall–Kier alpha value is -1.41. The van der Waals surface area contributed by atoms with Gasteiger partial charge in [0.05, 0.1) is 28.3 Å². The third kappa shape index (κ3) is 6.11. The summed E-state index contributed by atoms with van der Waals surface area (Å²) in [4.78, 5) is 14.7. The number of aliphatic hydroxyl groups excluding tert-OH is 1. The number of aliphatic hydroxyl groups is 1.